The van der Waals surface area contributed by atoms with Crippen molar-refractivity contribution in [3.8, 4) is 0 Å². The minimum Gasteiger partial charge on any atom is -0.302 e. The highest BCUT2D eigenvalue weighted by Gasteiger charge is 2.16. The van der Waals surface area contributed by atoms with Crippen LogP contribution in [0.1, 0.15) is 25.3 Å². The van der Waals surface area contributed by atoms with Gasteiger partial charge in [-0.15, -0.1) is 0 Å². The molecular formula is C16H23ClN2O2S. The third-order valence-electron chi connectivity index (χ3n) is 3.78. The van der Waals surface area contributed by atoms with Gasteiger partial charge in [0, 0.05) is 30.1 Å². The Balaban J connectivity index is 1.79. The zero-order valence-electron chi connectivity index (χ0n) is 12.8. The summed E-state index contributed by atoms with van der Waals surface area (Å²) in [6.45, 7) is 5.57. The van der Waals surface area contributed by atoms with Crippen molar-refractivity contribution in [2.75, 3.05) is 26.2 Å². The predicted octanol–water partition coefficient (Wildman–Crippen LogP) is 2.96. The second-order valence-electron chi connectivity index (χ2n) is 5.84. The molecule has 1 N–H and O–H groups in total. The number of halogens is 1. The lowest BCUT2D eigenvalue weighted by molar-refractivity contribution is 0.187. The van der Waals surface area contributed by atoms with Crippen molar-refractivity contribution in [2.45, 2.75) is 19.8 Å². The molecule has 6 heteroatoms. The molecule has 0 aliphatic carbocycles. The lowest BCUT2D eigenvalue weighted by Crippen LogP contribution is -2.39. The van der Waals surface area contributed by atoms with Crippen molar-refractivity contribution in [3.63, 3.8) is 0 Å². The third kappa shape index (κ3) is 6.08. The molecule has 1 unspecified atom stereocenters. The second-order valence-corrected chi connectivity index (χ2v) is 7.93. The molecule has 1 aromatic rings. The van der Waals surface area contributed by atoms with Crippen LogP contribution in [0.4, 0.5) is 0 Å². The van der Waals surface area contributed by atoms with Gasteiger partial charge < -0.3 is 4.90 Å². The fraction of sp³-hybridized carbons (Fsp3) is 0.500. The monoisotopic (exact) mass is 342 g/mol. The van der Waals surface area contributed by atoms with E-state index in [-0.39, 0.29) is 0 Å². The first-order chi connectivity index (χ1) is 10.4. The van der Waals surface area contributed by atoms with Crippen LogP contribution in [0.25, 0.3) is 6.08 Å². The Morgan fingerprint density at radius 3 is 2.77 bits per heavy atom. The van der Waals surface area contributed by atoms with E-state index < -0.39 is 10.0 Å². The number of nitrogens with zero attached hydrogens (tertiary/aromatic N) is 1. The maximum Gasteiger partial charge on any atom is 0.233 e. The Hall–Kier alpha value is -0.880. The molecule has 1 aliphatic rings. The fourth-order valence-corrected chi connectivity index (χ4v) is 3.56. The highest BCUT2D eigenvalue weighted by Crippen LogP contribution is 2.14. The molecule has 0 spiro atoms. The first-order valence-electron chi connectivity index (χ1n) is 7.60. The van der Waals surface area contributed by atoms with Crippen LogP contribution in [0.2, 0.25) is 5.02 Å². The summed E-state index contributed by atoms with van der Waals surface area (Å²) in [6, 6.07) is 7.03. The molecule has 122 valence electrons. The van der Waals surface area contributed by atoms with Gasteiger partial charge in [0.25, 0.3) is 0 Å². The molecule has 0 aromatic heterocycles. The molecule has 1 saturated heterocycles. The van der Waals surface area contributed by atoms with Crippen molar-refractivity contribution in [2.24, 2.45) is 5.92 Å². The van der Waals surface area contributed by atoms with Gasteiger partial charge in [-0.1, -0.05) is 30.7 Å². The maximum atomic E-state index is 11.9. The molecule has 0 amide bonds. The quantitative estimate of drug-likeness (QED) is 0.864. The number of nitrogens with one attached hydrogen (secondary N) is 1. The number of hydrogen-bond donors (Lipinski definition) is 1. The third-order valence-corrected chi connectivity index (χ3v) is 5.13. The summed E-state index contributed by atoms with van der Waals surface area (Å²) in [5, 5.41) is 1.84. The Bertz CT molecular complexity index is 599. The normalized spacial score (nSPS) is 20.5. The Morgan fingerprint density at radius 1 is 1.36 bits per heavy atom. The average Bonchev–Trinajstić information content (AvgIpc) is 2.47. The number of piperidine rings is 1. The second kappa shape index (κ2) is 8.11. The van der Waals surface area contributed by atoms with E-state index in [1.54, 1.807) is 30.3 Å². The standard InChI is InChI=1S/C16H23ClN2O2S/c1-14-3-2-10-19(13-14)11-9-18-22(20,21)12-8-15-4-6-16(17)7-5-15/h4-8,12,14,18H,2-3,9-11,13H2,1H3/b12-8+. The summed E-state index contributed by atoms with van der Waals surface area (Å²) in [7, 11) is -3.39. The Morgan fingerprint density at radius 2 is 2.09 bits per heavy atom. The van der Waals surface area contributed by atoms with Crippen LogP contribution in [-0.4, -0.2) is 39.5 Å². The Kier molecular flexibility index (Phi) is 6.44. The van der Waals surface area contributed by atoms with Crippen LogP contribution >= 0.6 is 11.6 Å². The average molecular weight is 343 g/mol. The van der Waals surface area contributed by atoms with E-state index in [9.17, 15) is 8.42 Å². The largest absolute Gasteiger partial charge is 0.302 e. The first-order valence-corrected chi connectivity index (χ1v) is 9.53. The van der Waals surface area contributed by atoms with Crippen LogP contribution in [0.15, 0.2) is 29.7 Å². The number of hydrogen-bond acceptors (Lipinski definition) is 3. The maximum absolute atomic E-state index is 11.9. The highest BCUT2D eigenvalue weighted by atomic mass is 35.5. The van der Waals surface area contributed by atoms with Crippen LogP contribution in [0, 0.1) is 5.92 Å². The van der Waals surface area contributed by atoms with Crippen molar-refractivity contribution in [3.05, 3.63) is 40.3 Å². The predicted molar refractivity (Wildman–Crippen MR) is 92.2 cm³/mol. The van der Waals surface area contributed by atoms with Gasteiger partial charge in [-0.2, -0.15) is 0 Å². The molecule has 4 nitrogen and oxygen atoms in total. The number of likely N-dealkylation sites (tertiary alicyclic amines) is 1. The highest BCUT2D eigenvalue weighted by molar-refractivity contribution is 7.92. The summed E-state index contributed by atoms with van der Waals surface area (Å²) in [6.07, 6.45) is 4.04. The first kappa shape index (κ1) is 17.5. The lowest BCUT2D eigenvalue weighted by Gasteiger charge is -2.30. The molecule has 0 radical (unpaired) electrons. The van der Waals surface area contributed by atoms with Crippen molar-refractivity contribution in [1.82, 2.24) is 9.62 Å². The van der Waals surface area contributed by atoms with E-state index in [1.807, 2.05) is 0 Å². The molecule has 2 rings (SSSR count). The molecule has 1 fully saturated rings. The summed E-state index contributed by atoms with van der Waals surface area (Å²) in [5.74, 6) is 0.704. The topological polar surface area (TPSA) is 49.4 Å². The molecular weight excluding hydrogens is 320 g/mol. The van der Waals surface area contributed by atoms with Gasteiger partial charge in [0.15, 0.2) is 0 Å². The van der Waals surface area contributed by atoms with Crippen LogP contribution in [0.3, 0.4) is 0 Å². The van der Waals surface area contributed by atoms with Gasteiger partial charge in [0.2, 0.25) is 10.0 Å². The van der Waals surface area contributed by atoms with Crippen LogP contribution in [0.5, 0.6) is 0 Å². The van der Waals surface area contributed by atoms with Gasteiger partial charge in [-0.3, -0.25) is 0 Å². The molecule has 1 aliphatic heterocycles. The van der Waals surface area contributed by atoms with E-state index in [2.05, 4.69) is 16.5 Å². The van der Waals surface area contributed by atoms with Crippen LogP contribution < -0.4 is 4.72 Å². The summed E-state index contributed by atoms with van der Waals surface area (Å²) in [4.78, 5) is 2.32. The van der Waals surface area contributed by atoms with Gasteiger partial charge in [-0.05, 0) is 49.1 Å². The van der Waals surface area contributed by atoms with E-state index >= 15 is 0 Å². The Labute approximate surface area is 138 Å². The van der Waals surface area contributed by atoms with Gasteiger partial charge in [0.1, 0.15) is 0 Å². The van der Waals surface area contributed by atoms with Crippen molar-refractivity contribution >= 4 is 27.7 Å². The molecule has 1 heterocycles. The molecule has 22 heavy (non-hydrogen) atoms. The minimum atomic E-state index is -3.39. The van der Waals surface area contributed by atoms with E-state index in [1.165, 1.54) is 18.2 Å². The lowest BCUT2D eigenvalue weighted by atomic mass is 10.0. The minimum absolute atomic E-state index is 0.444. The summed E-state index contributed by atoms with van der Waals surface area (Å²) >= 11 is 5.79. The van der Waals surface area contributed by atoms with Gasteiger partial charge >= 0.3 is 0 Å². The summed E-state index contributed by atoms with van der Waals surface area (Å²) in [5.41, 5.74) is 0.805. The zero-order chi connectivity index (χ0) is 16.0. The number of sulfonamides is 1. The number of rotatable bonds is 6. The summed E-state index contributed by atoms with van der Waals surface area (Å²) < 4.78 is 26.5. The van der Waals surface area contributed by atoms with Crippen LogP contribution in [-0.2, 0) is 10.0 Å². The molecule has 1 atom stereocenters. The number of benzene rings is 1. The van der Waals surface area contributed by atoms with Gasteiger partial charge in [0.05, 0.1) is 0 Å². The van der Waals surface area contributed by atoms with E-state index in [4.69, 9.17) is 11.6 Å². The SMILES string of the molecule is CC1CCCN(CCNS(=O)(=O)/C=C/c2ccc(Cl)cc2)C1. The molecule has 0 saturated carbocycles. The molecule has 1 aromatic carbocycles. The zero-order valence-corrected chi connectivity index (χ0v) is 14.4. The van der Waals surface area contributed by atoms with E-state index in [0.717, 1.165) is 25.2 Å². The van der Waals surface area contributed by atoms with Gasteiger partial charge in [-0.25, -0.2) is 13.1 Å². The smallest absolute Gasteiger partial charge is 0.233 e. The fourth-order valence-electron chi connectivity index (χ4n) is 2.63. The molecule has 0 bridgehead atoms. The van der Waals surface area contributed by atoms with Crippen molar-refractivity contribution < 1.29 is 8.42 Å². The van der Waals surface area contributed by atoms with Crippen molar-refractivity contribution in [1.29, 1.82) is 0 Å². The van der Waals surface area contributed by atoms with E-state index in [0.29, 0.717) is 17.5 Å².